The third-order valence-electron chi connectivity index (χ3n) is 2.84. The molecule has 0 aromatic heterocycles. The molecule has 1 rings (SSSR count). The Morgan fingerprint density at radius 1 is 1.41 bits per heavy atom. The topological polar surface area (TPSA) is 48.0 Å². The lowest BCUT2D eigenvalue weighted by atomic mass is 10.2. The van der Waals surface area contributed by atoms with Crippen molar-refractivity contribution >= 4 is 5.97 Å². The first-order valence-corrected chi connectivity index (χ1v) is 6.21. The molecule has 0 saturated carbocycles. The van der Waals surface area contributed by atoms with Gasteiger partial charge in [-0.05, 0) is 26.3 Å². The Bertz CT molecular complexity index is 217. The fraction of sp³-hybridized carbons (Fsp3) is 0.917. The molecule has 5 heteroatoms. The molecule has 17 heavy (non-hydrogen) atoms. The van der Waals surface area contributed by atoms with Crippen molar-refractivity contribution in [3.63, 3.8) is 0 Å². The summed E-state index contributed by atoms with van der Waals surface area (Å²) in [5, 5.41) is 0. The lowest BCUT2D eigenvalue weighted by molar-refractivity contribution is -0.164. The zero-order chi connectivity index (χ0) is 12.5. The van der Waals surface area contributed by atoms with Gasteiger partial charge in [-0.15, -0.1) is 0 Å². The number of ether oxygens (including phenoxy) is 3. The van der Waals surface area contributed by atoms with E-state index in [1.165, 1.54) is 13.5 Å². The van der Waals surface area contributed by atoms with Gasteiger partial charge in [-0.1, -0.05) is 0 Å². The summed E-state index contributed by atoms with van der Waals surface area (Å²) in [6, 6.07) is 0. The molecule has 0 radical (unpaired) electrons. The molecule has 1 fully saturated rings. The highest BCUT2D eigenvalue weighted by Gasteiger charge is 2.13. The zero-order valence-electron chi connectivity index (χ0n) is 10.8. The minimum atomic E-state index is -0.173. The van der Waals surface area contributed by atoms with Gasteiger partial charge in [0.25, 0.3) is 0 Å². The Balaban J connectivity index is 1.99. The van der Waals surface area contributed by atoms with Crippen LogP contribution in [0.5, 0.6) is 0 Å². The number of rotatable bonds is 7. The van der Waals surface area contributed by atoms with Crippen molar-refractivity contribution in [1.82, 2.24) is 4.90 Å². The van der Waals surface area contributed by atoms with Crippen LogP contribution in [-0.4, -0.2) is 57.6 Å². The van der Waals surface area contributed by atoms with Crippen molar-refractivity contribution in [2.45, 2.75) is 32.0 Å². The number of hydrogen-bond acceptors (Lipinski definition) is 5. The van der Waals surface area contributed by atoms with Gasteiger partial charge in [-0.3, -0.25) is 4.79 Å². The molecule has 1 unspecified atom stereocenters. The molecule has 5 nitrogen and oxygen atoms in total. The maximum atomic E-state index is 10.9. The Morgan fingerprint density at radius 2 is 2.24 bits per heavy atom. The Labute approximate surface area is 103 Å². The summed E-state index contributed by atoms with van der Waals surface area (Å²) in [7, 11) is 3.37. The lowest BCUT2D eigenvalue weighted by Crippen LogP contribution is -2.29. The molecule has 0 aromatic carbocycles. The van der Waals surface area contributed by atoms with E-state index in [0.717, 1.165) is 26.0 Å². The Kier molecular flexibility index (Phi) is 7.16. The Hall–Kier alpha value is -0.650. The van der Waals surface area contributed by atoms with E-state index in [9.17, 15) is 4.79 Å². The third-order valence-corrected chi connectivity index (χ3v) is 2.84. The van der Waals surface area contributed by atoms with Gasteiger partial charge in [0.1, 0.15) is 0 Å². The molecule has 1 aliphatic rings. The number of hydrogen-bond donors (Lipinski definition) is 0. The summed E-state index contributed by atoms with van der Waals surface area (Å²) < 4.78 is 15.7. The van der Waals surface area contributed by atoms with Crippen LogP contribution < -0.4 is 0 Å². The van der Waals surface area contributed by atoms with Crippen molar-refractivity contribution in [3.8, 4) is 0 Å². The molecule has 1 aliphatic heterocycles. The summed E-state index contributed by atoms with van der Waals surface area (Å²) in [4.78, 5) is 13.0. The van der Waals surface area contributed by atoms with Crippen LogP contribution in [-0.2, 0) is 19.0 Å². The molecule has 1 heterocycles. The number of esters is 1. The average molecular weight is 245 g/mol. The van der Waals surface area contributed by atoms with Crippen LogP contribution in [0.15, 0.2) is 0 Å². The predicted molar refractivity (Wildman–Crippen MR) is 63.7 cm³/mol. The molecule has 1 saturated heterocycles. The van der Waals surface area contributed by atoms with Crippen molar-refractivity contribution in [2.75, 3.05) is 40.5 Å². The number of likely N-dealkylation sites (N-methyl/N-ethyl adjacent to an activating group) is 1. The number of carbonyl (C=O) groups is 1. The molecular weight excluding hydrogens is 222 g/mol. The number of carbonyl (C=O) groups excluding carboxylic acids is 1. The first-order valence-electron chi connectivity index (χ1n) is 6.21. The smallest absolute Gasteiger partial charge is 0.306 e. The van der Waals surface area contributed by atoms with E-state index in [2.05, 4.69) is 9.64 Å². The van der Waals surface area contributed by atoms with Crippen molar-refractivity contribution in [3.05, 3.63) is 0 Å². The SMILES string of the molecule is COC(=O)CCN(C)CCOC1CCCCO1. The standard InChI is InChI=1S/C12H23NO4/c1-13(7-6-11(14)15-2)8-10-17-12-5-3-4-9-16-12/h12H,3-10H2,1-2H3. The van der Waals surface area contributed by atoms with Crippen molar-refractivity contribution < 1.29 is 19.0 Å². The van der Waals surface area contributed by atoms with Gasteiger partial charge in [-0.2, -0.15) is 0 Å². The predicted octanol–water partition coefficient (Wildman–Crippen LogP) is 1.02. The van der Waals surface area contributed by atoms with Crippen LogP contribution >= 0.6 is 0 Å². The monoisotopic (exact) mass is 245 g/mol. The molecule has 0 aliphatic carbocycles. The molecule has 0 bridgehead atoms. The first-order chi connectivity index (χ1) is 8.22. The second-order valence-electron chi connectivity index (χ2n) is 4.30. The van der Waals surface area contributed by atoms with E-state index in [1.807, 2.05) is 7.05 Å². The highest BCUT2D eigenvalue weighted by Crippen LogP contribution is 2.13. The van der Waals surface area contributed by atoms with Crippen LogP contribution in [0, 0.1) is 0 Å². The lowest BCUT2D eigenvalue weighted by Gasteiger charge is -2.24. The normalized spacial score (nSPS) is 20.5. The molecule has 0 spiro atoms. The minimum absolute atomic E-state index is 0.0299. The van der Waals surface area contributed by atoms with E-state index in [-0.39, 0.29) is 12.3 Å². The highest BCUT2D eigenvalue weighted by atomic mass is 16.7. The van der Waals surface area contributed by atoms with E-state index < -0.39 is 0 Å². The summed E-state index contributed by atoms with van der Waals surface area (Å²) in [5.74, 6) is -0.173. The van der Waals surface area contributed by atoms with Crippen LogP contribution in [0.1, 0.15) is 25.7 Å². The zero-order valence-corrected chi connectivity index (χ0v) is 10.8. The van der Waals surface area contributed by atoms with Crippen LogP contribution in [0.2, 0.25) is 0 Å². The van der Waals surface area contributed by atoms with Gasteiger partial charge in [0.15, 0.2) is 6.29 Å². The van der Waals surface area contributed by atoms with E-state index >= 15 is 0 Å². The fourth-order valence-corrected chi connectivity index (χ4v) is 1.68. The van der Waals surface area contributed by atoms with Gasteiger partial charge >= 0.3 is 5.97 Å². The highest BCUT2D eigenvalue weighted by molar-refractivity contribution is 5.69. The van der Waals surface area contributed by atoms with Gasteiger partial charge in [0, 0.05) is 19.7 Å². The minimum Gasteiger partial charge on any atom is -0.469 e. The molecule has 100 valence electrons. The largest absolute Gasteiger partial charge is 0.469 e. The van der Waals surface area contributed by atoms with Crippen LogP contribution in [0.3, 0.4) is 0 Å². The maximum absolute atomic E-state index is 10.9. The summed E-state index contributed by atoms with van der Waals surface area (Å²) in [5.41, 5.74) is 0. The fourth-order valence-electron chi connectivity index (χ4n) is 1.68. The number of methoxy groups -OCH3 is 1. The molecule has 0 aromatic rings. The molecular formula is C12H23NO4. The first kappa shape index (κ1) is 14.4. The third kappa shape index (κ3) is 6.61. The van der Waals surface area contributed by atoms with E-state index in [4.69, 9.17) is 9.47 Å². The quantitative estimate of drug-likeness (QED) is 0.627. The number of nitrogens with zero attached hydrogens (tertiary/aromatic N) is 1. The second kappa shape index (κ2) is 8.44. The van der Waals surface area contributed by atoms with Crippen molar-refractivity contribution in [2.24, 2.45) is 0 Å². The van der Waals surface area contributed by atoms with Crippen LogP contribution in [0.25, 0.3) is 0 Å². The average Bonchev–Trinajstić information content (AvgIpc) is 2.37. The van der Waals surface area contributed by atoms with Gasteiger partial charge in [0.2, 0.25) is 0 Å². The maximum Gasteiger partial charge on any atom is 0.306 e. The second-order valence-corrected chi connectivity index (χ2v) is 4.30. The molecule has 0 N–H and O–H groups in total. The summed E-state index contributed by atoms with van der Waals surface area (Å²) >= 11 is 0. The summed E-state index contributed by atoms with van der Waals surface area (Å²) in [6.45, 7) is 2.95. The van der Waals surface area contributed by atoms with Gasteiger partial charge < -0.3 is 19.1 Å². The molecule has 0 amide bonds. The van der Waals surface area contributed by atoms with Crippen LogP contribution in [0.4, 0.5) is 0 Å². The Morgan fingerprint density at radius 3 is 2.88 bits per heavy atom. The summed E-state index contributed by atoms with van der Waals surface area (Å²) in [6.07, 6.45) is 3.71. The van der Waals surface area contributed by atoms with Gasteiger partial charge in [0.05, 0.1) is 20.1 Å². The van der Waals surface area contributed by atoms with Gasteiger partial charge in [-0.25, -0.2) is 0 Å². The van der Waals surface area contributed by atoms with E-state index in [1.54, 1.807) is 0 Å². The van der Waals surface area contributed by atoms with E-state index in [0.29, 0.717) is 19.6 Å². The molecule has 1 atom stereocenters. The van der Waals surface area contributed by atoms with Crippen molar-refractivity contribution in [1.29, 1.82) is 0 Å².